The molecule has 1 amide bonds. The van der Waals surface area contributed by atoms with Crippen LogP contribution in [-0.4, -0.2) is 44.9 Å². The van der Waals surface area contributed by atoms with Gasteiger partial charge in [-0.25, -0.2) is 8.42 Å². The summed E-state index contributed by atoms with van der Waals surface area (Å²) in [5, 5.41) is 12.1. The predicted octanol–water partition coefficient (Wildman–Crippen LogP) is 1.73. The molecular weight excluding hydrogens is 342 g/mol. The van der Waals surface area contributed by atoms with E-state index in [2.05, 4.69) is 11.4 Å². The second-order valence-corrected chi connectivity index (χ2v) is 8.34. The number of nitrogens with one attached hydrogen (secondary N) is 1. The summed E-state index contributed by atoms with van der Waals surface area (Å²) < 4.78 is 32.0. The lowest BCUT2D eigenvalue weighted by Crippen LogP contribution is -2.40. The Hall–Kier alpha value is -1.95. The quantitative estimate of drug-likeness (QED) is 0.878. The van der Waals surface area contributed by atoms with Crippen LogP contribution in [0.1, 0.15) is 25.7 Å². The molecule has 8 heteroatoms. The van der Waals surface area contributed by atoms with Gasteiger partial charge in [0.15, 0.2) is 0 Å². The zero-order chi connectivity index (χ0) is 17.9. The van der Waals surface area contributed by atoms with Crippen molar-refractivity contribution < 1.29 is 17.9 Å². The Kier molecular flexibility index (Phi) is 5.08. The third-order valence-electron chi connectivity index (χ3n) is 4.81. The molecule has 1 aromatic carbocycles. The molecule has 0 atom stereocenters. The third-order valence-corrected chi connectivity index (χ3v) is 6.70. The van der Waals surface area contributed by atoms with Crippen LogP contribution < -0.4 is 5.32 Å². The number of carbonyl (C=O) groups is 1. The lowest BCUT2D eigenvalue weighted by Gasteiger charge is -2.26. The molecule has 1 saturated carbocycles. The summed E-state index contributed by atoms with van der Waals surface area (Å²) in [6.07, 6.45) is 2.79. The second-order valence-electron chi connectivity index (χ2n) is 6.40. The number of benzene rings is 1. The summed E-state index contributed by atoms with van der Waals surface area (Å²) in [6.45, 7) is 1.38. The molecule has 1 N–H and O–H groups in total. The normalized spacial score (nSPS) is 20.8. The van der Waals surface area contributed by atoms with Crippen molar-refractivity contribution in [2.24, 2.45) is 5.41 Å². The van der Waals surface area contributed by atoms with Gasteiger partial charge in [-0.1, -0.05) is 18.9 Å². The molecule has 1 aliphatic heterocycles. The molecule has 1 saturated heterocycles. The number of carbonyl (C=O) groups excluding carboxylic acids is 1. The smallest absolute Gasteiger partial charge is 0.244 e. The summed E-state index contributed by atoms with van der Waals surface area (Å²) in [6, 6.07) is 8.33. The van der Waals surface area contributed by atoms with Crippen molar-refractivity contribution in [3.63, 3.8) is 0 Å². The van der Waals surface area contributed by atoms with Crippen molar-refractivity contribution in [2.45, 2.75) is 30.6 Å². The number of nitriles is 1. The number of nitrogens with zero attached hydrogens (tertiary/aromatic N) is 2. The van der Waals surface area contributed by atoms with E-state index in [1.54, 1.807) is 12.1 Å². The van der Waals surface area contributed by atoms with E-state index in [9.17, 15) is 18.5 Å². The number of morpholine rings is 1. The summed E-state index contributed by atoms with van der Waals surface area (Å²) in [7, 11) is -3.62. The van der Waals surface area contributed by atoms with E-state index < -0.39 is 15.4 Å². The average Bonchev–Trinajstić information content (AvgIpc) is 3.13. The summed E-state index contributed by atoms with van der Waals surface area (Å²) in [5.41, 5.74) is -0.611. The van der Waals surface area contributed by atoms with E-state index >= 15 is 0 Å². The lowest BCUT2D eigenvalue weighted by molar-refractivity contribution is -0.122. The molecular formula is C17H21N3O4S. The third kappa shape index (κ3) is 3.54. The molecule has 2 fully saturated rings. The van der Waals surface area contributed by atoms with Crippen molar-refractivity contribution in [1.82, 2.24) is 4.31 Å². The number of hydrogen-bond acceptors (Lipinski definition) is 5. The van der Waals surface area contributed by atoms with Gasteiger partial charge in [-0.2, -0.15) is 9.57 Å². The maximum atomic E-state index is 12.7. The van der Waals surface area contributed by atoms with Gasteiger partial charge >= 0.3 is 0 Å². The Morgan fingerprint density at radius 2 is 1.92 bits per heavy atom. The predicted molar refractivity (Wildman–Crippen MR) is 91.2 cm³/mol. The minimum absolute atomic E-state index is 0.129. The van der Waals surface area contributed by atoms with Crippen molar-refractivity contribution in [1.29, 1.82) is 5.26 Å². The zero-order valence-corrected chi connectivity index (χ0v) is 14.7. The van der Waals surface area contributed by atoms with Crippen LogP contribution in [0, 0.1) is 16.7 Å². The first kappa shape index (κ1) is 17.9. The fourth-order valence-electron chi connectivity index (χ4n) is 3.29. The van der Waals surface area contributed by atoms with Gasteiger partial charge in [0.05, 0.1) is 24.2 Å². The molecule has 1 aliphatic carbocycles. The molecule has 0 aromatic heterocycles. The van der Waals surface area contributed by atoms with E-state index in [1.165, 1.54) is 16.4 Å². The van der Waals surface area contributed by atoms with Gasteiger partial charge in [0.25, 0.3) is 0 Å². The van der Waals surface area contributed by atoms with Gasteiger partial charge in [-0.15, -0.1) is 0 Å². The molecule has 0 radical (unpaired) electrons. The van der Waals surface area contributed by atoms with Gasteiger partial charge in [0.1, 0.15) is 5.41 Å². The van der Waals surface area contributed by atoms with Crippen LogP contribution in [0.25, 0.3) is 0 Å². The van der Waals surface area contributed by atoms with Crippen molar-refractivity contribution in [3.8, 4) is 6.07 Å². The maximum Gasteiger partial charge on any atom is 0.244 e. The minimum Gasteiger partial charge on any atom is -0.379 e. The highest BCUT2D eigenvalue weighted by Gasteiger charge is 2.41. The Bertz CT molecular complexity index is 788. The zero-order valence-electron chi connectivity index (χ0n) is 13.9. The second kappa shape index (κ2) is 7.12. The number of sulfonamides is 1. The van der Waals surface area contributed by atoms with E-state index in [0.29, 0.717) is 44.8 Å². The fraction of sp³-hybridized carbons (Fsp3) is 0.529. The standard InChI is InChI=1S/C17H21N3O4S/c18-13-17(6-1-2-7-17)16(21)19-14-4-3-5-15(12-14)25(22,23)20-8-10-24-11-9-20/h3-5,12H,1-2,6-11H2,(H,19,21). The maximum absolute atomic E-state index is 12.7. The average molecular weight is 363 g/mol. The highest BCUT2D eigenvalue weighted by Crippen LogP contribution is 2.38. The first-order valence-electron chi connectivity index (χ1n) is 8.39. The number of rotatable bonds is 4. The van der Waals surface area contributed by atoms with Crippen LogP contribution in [0.5, 0.6) is 0 Å². The minimum atomic E-state index is -3.62. The fourth-order valence-corrected chi connectivity index (χ4v) is 4.74. The molecule has 3 rings (SSSR count). The SMILES string of the molecule is N#CC1(C(=O)Nc2cccc(S(=O)(=O)N3CCOCC3)c2)CCCC1. The largest absolute Gasteiger partial charge is 0.379 e. The van der Waals surface area contributed by atoms with Crippen molar-refractivity contribution in [3.05, 3.63) is 24.3 Å². The van der Waals surface area contributed by atoms with Crippen molar-refractivity contribution in [2.75, 3.05) is 31.6 Å². The summed E-state index contributed by atoms with van der Waals surface area (Å²) >= 11 is 0. The van der Waals surface area contributed by atoms with E-state index in [4.69, 9.17) is 4.74 Å². The van der Waals surface area contributed by atoms with Gasteiger partial charge < -0.3 is 10.1 Å². The highest BCUT2D eigenvalue weighted by molar-refractivity contribution is 7.89. The molecule has 0 bridgehead atoms. The topological polar surface area (TPSA) is 99.5 Å². The highest BCUT2D eigenvalue weighted by atomic mass is 32.2. The number of ether oxygens (including phenoxy) is 1. The molecule has 7 nitrogen and oxygen atoms in total. The van der Waals surface area contributed by atoms with Crippen LogP contribution in [0.2, 0.25) is 0 Å². The van der Waals surface area contributed by atoms with Crippen LogP contribution in [0.15, 0.2) is 29.2 Å². The van der Waals surface area contributed by atoms with Crippen LogP contribution in [0.3, 0.4) is 0 Å². The first-order chi connectivity index (χ1) is 12.0. The number of anilines is 1. The summed E-state index contributed by atoms with van der Waals surface area (Å²) in [4.78, 5) is 12.6. The molecule has 1 heterocycles. The van der Waals surface area contributed by atoms with Crippen LogP contribution in [0.4, 0.5) is 5.69 Å². The summed E-state index contributed by atoms with van der Waals surface area (Å²) in [5.74, 6) is -0.353. The molecule has 0 spiro atoms. The lowest BCUT2D eigenvalue weighted by atomic mass is 9.87. The van der Waals surface area contributed by atoms with Crippen LogP contribution >= 0.6 is 0 Å². The van der Waals surface area contributed by atoms with E-state index in [0.717, 1.165) is 12.8 Å². The van der Waals surface area contributed by atoms with E-state index in [1.807, 2.05) is 0 Å². The Morgan fingerprint density at radius 3 is 2.56 bits per heavy atom. The molecule has 0 unspecified atom stereocenters. The first-order valence-corrected chi connectivity index (χ1v) is 9.83. The van der Waals surface area contributed by atoms with Gasteiger partial charge in [0, 0.05) is 18.8 Å². The molecule has 1 aromatic rings. The van der Waals surface area contributed by atoms with E-state index in [-0.39, 0.29) is 10.8 Å². The Morgan fingerprint density at radius 1 is 1.24 bits per heavy atom. The van der Waals surface area contributed by atoms with Gasteiger partial charge in [0.2, 0.25) is 15.9 Å². The van der Waals surface area contributed by atoms with Crippen molar-refractivity contribution >= 4 is 21.6 Å². The van der Waals surface area contributed by atoms with Crippen LogP contribution in [-0.2, 0) is 19.6 Å². The monoisotopic (exact) mass is 363 g/mol. The van der Waals surface area contributed by atoms with Gasteiger partial charge in [-0.05, 0) is 31.0 Å². The molecule has 134 valence electrons. The Labute approximate surface area is 147 Å². The number of amides is 1. The molecule has 2 aliphatic rings. The Balaban J connectivity index is 1.80. The number of hydrogen-bond donors (Lipinski definition) is 1. The molecule has 25 heavy (non-hydrogen) atoms. The van der Waals surface area contributed by atoms with Gasteiger partial charge in [-0.3, -0.25) is 4.79 Å².